The van der Waals surface area contributed by atoms with Crippen LogP contribution in [-0.4, -0.2) is 37.9 Å². The van der Waals surface area contributed by atoms with Crippen molar-refractivity contribution in [2.24, 2.45) is 5.92 Å². The van der Waals surface area contributed by atoms with Crippen LogP contribution < -0.4 is 5.32 Å². The van der Waals surface area contributed by atoms with E-state index in [0.29, 0.717) is 13.0 Å². The summed E-state index contributed by atoms with van der Waals surface area (Å²) in [5.74, 6) is -1.10. The Balaban J connectivity index is 2.43. The first-order valence-electron chi connectivity index (χ1n) is 7.22. The third-order valence-electron chi connectivity index (χ3n) is 4.24. The van der Waals surface area contributed by atoms with Crippen molar-refractivity contribution in [1.29, 1.82) is 0 Å². The van der Waals surface area contributed by atoms with Crippen LogP contribution in [0.2, 0.25) is 18.1 Å². The van der Waals surface area contributed by atoms with E-state index in [-0.39, 0.29) is 16.9 Å². The number of nitrogens with one attached hydrogen (secondary N) is 1. The highest BCUT2D eigenvalue weighted by molar-refractivity contribution is 6.74. The number of carboxylic acids is 1. The van der Waals surface area contributed by atoms with Gasteiger partial charge in [0.1, 0.15) is 6.04 Å². The van der Waals surface area contributed by atoms with E-state index in [0.717, 1.165) is 12.8 Å². The van der Waals surface area contributed by atoms with Crippen molar-refractivity contribution in [3.8, 4) is 0 Å². The van der Waals surface area contributed by atoms with E-state index in [1.807, 2.05) is 0 Å². The number of hydrogen-bond donors (Lipinski definition) is 2. The first-order chi connectivity index (χ1) is 9.04. The number of aliphatic carboxylic acids is 1. The smallest absolute Gasteiger partial charge is 0.326 e. The van der Waals surface area contributed by atoms with Gasteiger partial charge in [0.25, 0.3) is 0 Å². The third-order valence-corrected chi connectivity index (χ3v) is 8.78. The van der Waals surface area contributed by atoms with E-state index >= 15 is 0 Å². The Morgan fingerprint density at radius 2 is 1.90 bits per heavy atom. The van der Waals surface area contributed by atoms with Gasteiger partial charge in [0, 0.05) is 18.9 Å². The standard InChI is InChI=1S/C14H27NO4Si/c1-14(2,3)20(4,5)19-9-8-11(13(17)18)15-12(16)10-6-7-10/h10-11H,6-9H2,1-5H3,(H,15,16)(H,17,18)/t11-/m0/s1. The number of carbonyl (C=O) groups excluding carboxylic acids is 1. The third kappa shape index (κ3) is 4.90. The van der Waals surface area contributed by atoms with Gasteiger partial charge >= 0.3 is 5.97 Å². The van der Waals surface area contributed by atoms with Crippen LogP contribution in [0.3, 0.4) is 0 Å². The van der Waals surface area contributed by atoms with Crippen LogP contribution in [0.5, 0.6) is 0 Å². The number of rotatable bonds is 7. The quantitative estimate of drug-likeness (QED) is 0.708. The van der Waals surface area contributed by atoms with Crippen molar-refractivity contribution in [3.05, 3.63) is 0 Å². The topological polar surface area (TPSA) is 75.6 Å². The highest BCUT2D eigenvalue weighted by atomic mass is 28.4. The second-order valence-electron chi connectivity index (χ2n) is 7.07. The summed E-state index contributed by atoms with van der Waals surface area (Å²) in [6.07, 6.45) is 2.07. The van der Waals surface area contributed by atoms with E-state index < -0.39 is 20.3 Å². The fourth-order valence-electron chi connectivity index (χ4n) is 1.54. The molecule has 1 aliphatic carbocycles. The van der Waals surface area contributed by atoms with Gasteiger partial charge in [-0.05, 0) is 31.0 Å². The van der Waals surface area contributed by atoms with E-state index in [2.05, 4.69) is 39.2 Å². The zero-order valence-corrected chi connectivity index (χ0v) is 14.2. The van der Waals surface area contributed by atoms with Gasteiger partial charge in [-0.15, -0.1) is 0 Å². The van der Waals surface area contributed by atoms with Gasteiger partial charge in [0.2, 0.25) is 5.91 Å². The molecular formula is C14H27NO4Si. The molecule has 0 aromatic heterocycles. The largest absolute Gasteiger partial charge is 0.480 e. The van der Waals surface area contributed by atoms with Gasteiger partial charge in [-0.1, -0.05) is 20.8 Å². The lowest BCUT2D eigenvalue weighted by Gasteiger charge is -2.36. The summed E-state index contributed by atoms with van der Waals surface area (Å²) in [5.41, 5.74) is 0. The molecule has 0 aromatic carbocycles. The van der Waals surface area contributed by atoms with Crippen LogP contribution in [0, 0.1) is 5.92 Å². The molecule has 1 amide bonds. The van der Waals surface area contributed by atoms with Crippen LogP contribution in [0.15, 0.2) is 0 Å². The number of hydrogen-bond acceptors (Lipinski definition) is 3. The maximum Gasteiger partial charge on any atom is 0.326 e. The minimum atomic E-state index is -1.86. The average molecular weight is 301 g/mol. The molecule has 0 radical (unpaired) electrons. The summed E-state index contributed by atoms with van der Waals surface area (Å²) >= 11 is 0. The first kappa shape index (κ1) is 17.2. The SMILES string of the molecule is CC(C)(C)[Si](C)(C)OCC[C@H](NC(=O)C1CC1)C(=O)O. The van der Waals surface area contributed by atoms with Crippen molar-refractivity contribution >= 4 is 20.2 Å². The second-order valence-corrected chi connectivity index (χ2v) is 11.9. The van der Waals surface area contributed by atoms with E-state index in [4.69, 9.17) is 9.53 Å². The summed E-state index contributed by atoms with van der Waals surface area (Å²) in [4.78, 5) is 22.8. The zero-order valence-electron chi connectivity index (χ0n) is 13.2. The Kier molecular flexibility index (Phi) is 5.37. The van der Waals surface area contributed by atoms with Gasteiger partial charge in [-0.2, -0.15) is 0 Å². The molecule has 116 valence electrons. The first-order valence-corrected chi connectivity index (χ1v) is 10.1. The van der Waals surface area contributed by atoms with Crippen LogP contribution in [0.1, 0.15) is 40.0 Å². The molecule has 0 unspecified atom stereocenters. The Hall–Kier alpha value is -0.883. The van der Waals surface area contributed by atoms with Crippen molar-refractivity contribution < 1.29 is 19.1 Å². The second kappa shape index (κ2) is 6.26. The van der Waals surface area contributed by atoms with E-state index in [1.165, 1.54) is 0 Å². The molecule has 1 rings (SSSR count). The van der Waals surface area contributed by atoms with Crippen molar-refractivity contribution in [2.75, 3.05) is 6.61 Å². The normalized spacial score (nSPS) is 17.6. The predicted molar refractivity (Wildman–Crippen MR) is 80.1 cm³/mol. The van der Waals surface area contributed by atoms with E-state index in [1.54, 1.807) is 0 Å². The molecular weight excluding hydrogens is 274 g/mol. The van der Waals surface area contributed by atoms with Crippen molar-refractivity contribution in [1.82, 2.24) is 5.32 Å². The summed E-state index contributed by atoms with van der Waals surface area (Å²) in [6.45, 7) is 11.1. The highest BCUT2D eigenvalue weighted by Crippen LogP contribution is 2.36. The molecule has 5 nitrogen and oxygen atoms in total. The molecule has 0 spiro atoms. The molecule has 0 heterocycles. The summed E-state index contributed by atoms with van der Waals surface area (Å²) in [5, 5.41) is 11.9. The number of carbonyl (C=O) groups is 2. The molecule has 0 saturated heterocycles. The minimum Gasteiger partial charge on any atom is -0.480 e. The van der Waals surface area contributed by atoms with E-state index in [9.17, 15) is 9.59 Å². The van der Waals surface area contributed by atoms with Gasteiger partial charge in [-0.3, -0.25) is 4.79 Å². The van der Waals surface area contributed by atoms with Crippen molar-refractivity contribution in [2.45, 2.75) is 64.2 Å². The molecule has 1 saturated carbocycles. The Labute approximate surface area is 122 Å². The lowest BCUT2D eigenvalue weighted by atomic mass is 10.2. The maximum atomic E-state index is 11.6. The molecule has 0 aromatic rings. The van der Waals surface area contributed by atoms with Crippen LogP contribution in [-0.2, 0) is 14.0 Å². The maximum absolute atomic E-state index is 11.6. The molecule has 6 heteroatoms. The van der Waals surface area contributed by atoms with Crippen molar-refractivity contribution in [3.63, 3.8) is 0 Å². The predicted octanol–water partition coefficient (Wildman–Crippen LogP) is 2.38. The average Bonchev–Trinajstić information content (AvgIpc) is 3.09. The Morgan fingerprint density at radius 3 is 2.30 bits per heavy atom. The molecule has 1 fully saturated rings. The van der Waals surface area contributed by atoms with Crippen LogP contribution in [0.4, 0.5) is 0 Å². The van der Waals surface area contributed by atoms with Gasteiger partial charge in [0.15, 0.2) is 8.32 Å². The summed E-state index contributed by atoms with van der Waals surface area (Å²) in [7, 11) is -1.86. The van der Waals surface area contributed by atoms with Gasteiger partial charge < -0.3 is 14.8 Å². The molecule has 20 heavy (non-hydrogen) atoms. The van der Waals surface area contributed by atoms with Crippen LogP contribution in [0.25, 0.3) is 0 Å². The van der Waals surface area contributed by atoms with Gasteiger partial charge in [-0.25, -0.2) is 4.79 Å². The van der Waals surface area contributed by atoms with Crippen LogP contribution >= 0.6 is 0 Å². The van der Waals surface area contributed by atoms with Gasteiger partial charge in [0.05, 0.1) is 0 Å². The minimum absolute atomic E-state index is 0.0261. The fraction of sp³-hybridized carbons (Fsp3) is 0.857. The number of carboxylic acid groups (broad SMARTS) is 1. The molecule has 0 bridgehead atoms. The zero-order chi connectivity index (χ0) is 15.6. The summed E-state index contributed by atoms with van der Waals surface area (Å²) in [6, 6.07) is -0.840. The summed E-state index contributed by atoms with van der Waals surface area (Å²) < 4.78 is 5.96. The number of amides is 1. The monoisotopic (exact) mass is 301 g/mol. The molecule has 2 N–H and O–H groups in total. The molecule has 1 atom stereocenters. The lowest BCUT2D eigenvalue weighted by Crippen LogP contribution is -2.45. The Morgan fingerprint density at radius 1 is 1.35 bits per heavy atom. The Bertz CT molecular complexity index is 372. The highest BCUT2D eigenvalue weighted by Gasteiger charge is 2.37. The fourth-order valence-corrected chi connectivity index (χ4v) is 2.60. The molecule has 1 aliphatic rings. The molecule has 0 aliphatic heterocycles. The lowest BCUT2D eigenvalue weighted by molar-refractivity contribution is -0.142.